The second kappa shape index (κ2) is 8.61. The molecule has 28 heavy (non-hydrogen) atoms. The van der Waals surface area contributed by atoms with E-state index in [1.54, 1.807) is 42.5 Å². The summed E-state index contributed by atoms with van der Waals surface area (Å²) in [6.07, 6.45) is 5.56. The van der Waals surface area contributed by atoms with Gasteiger partial charge in [0.15, 0.2) is 0 Å². The third-order valence-corrected chi connectivity index (χ3v) is 4.86. The molecule has 0 spiro atoms. The van der Waals surface area contributed by atoms with Gasteiger partial charge in [0.2, 0.25) is 5.91 Å². The molecule has 1 fully saturated rings. The Morgan fingerprint density at radius 3 is 2.68 bits per heavy atom. The van der Waals surface area contributed by atoms with E-state index in [4.69, 9.17) is 0 Å². The number of hydrogen-bond acceptors (Lipinski definition) is 6. The number of aromatic nitrogens is 2. The number of anilines is 1. The molecule has 3 rings (SSSR count). The van der Waals surface area contributed by atoms with Gasteiger partial charge in [-0.25, -0.2) is 0 Å². The topological polar surface area (TPSA) is 99.0 Å². The SMILES string of the molecule is CCN(C)C(=O)CNc1cc(-c2cnc(CC(=O)C3CC3)cn2)ccc1C#N. The van der Waals surface area contributed by atoms with Gasteiger partial charge >= 0.3 is 0 Å². The fourth-order valence-corrected chi connectivity index (χ4v) is 2.75. The van der Waals surface area contributed by atoms with Crippen LogP contribution in [-0.4, -0.2) is 46.7 Å². The molecule has 1 saturated carbocycles. The smallest absolute Gasteiger partial charge is 0.241 e. The summed E-state index contributed by atoms with van der Waals surface area (Å²) in [7, 11) is 1.73. The van der Waals surface area contributed by atoms with Crippen LogP contribution in [0.4, 0.5) is 5.69 Å². The van der Waals surface area contributed by atoms with Crippen molar-refractivity contribution in [2.45, 2.75) is 26.2 Å². The van der Waals surface area contributed by atoms with Crippen molar-refractivity contribution in [3.63, 3.8) is 0 Å². The number of hydrogen-bond donors (Lipinski definition) is 1. The molecule has 0 atom stereocenters. The molecule has 0 unspecified atom stereocenters. The zero-order valence-electron chi connectivity index (χ0n) is 16.1. The number of Topliss-reactive ketones (excluding diaryl/α,β-unsaturated/α-hetero) is 1. The first-order chi connectivity index (χ1) is 13.5. The monoisotopic (exact) mass is 377 g/mol. The van der Waals surface area contributed by atoms with Gasteiger partial charge in [-0.2, -0.15) is 5.26 Å². The molecule has 1 amide bonds. The van der Waals surface area contributed by atoms with Gasteiger partial charge in [-0.05, 0) is 31.9 Å². The second-order valence-electron chi connectivity index (χ2n) is 6.94. The number of likely N-dealkylation sites (N-methyl/N-ethyl adjacent to an activating group) is 1. The number of rotatable bonds is 8. The minimum absolute atomic E-state index is 0.0544. The third-order valence-electron chi connectivity index (χ3n) is 4.86. The molecule has 1 aromatic carbocycles. The van der Waals surface area contributed by atoms with E-state index in [0.29, 0.717) is 35.6 Å². The number of ketones is 1. The van der Waals surface area contributed by atoms with Crippen molar-refractivity contribution in [3.05, 3.63) is 41.9 Å². The Labute approximate surface area is 164 Å². The fraction of sp³-hybridized carbons (Fsp3) is 0.381. The Bertz CT molecular complexity index is 913. The van der Waals surface area contributed by atoms with Gasteiger partial charge in [0.05, 0.1) is 41.8 Å². The molecule has 7 heteroatoms. The largest absolute Gasteiger partial charge is 0.375 e. The van der Waals surface area contributed by atoms with Crippen LogP contribution >= 0.6 is 0 Å². The summed E-state index contributed by atoms with van der Waals surface area (Å²) in [4.78, 5) is 34.3. The van der Waals surface area contributed by atoms with Crippen LogP contribution in [0.2, 0.25) is 0 Å². The molecule has 144 valence electrons. The number of amides is 1. The van der Waals surface area contributed by atoms with Gasteiger partial charge in [0, 0.05) is 31.3 Å². The van der Waals surface area contributed by atoms with E-state index in [0.717, 1.165) is 18.4 Å². The number of nitriles is 1. The maximum Gasteiger partial charge on any atom is 0.241 e. The van der Waals surface area contributed by atoms with Gasteiger partial charge in [-0.3, -0.25) is 19.6 Å². The summed E-state index contributed by atoms with van der Waals surface area (Å²) < 4.78 is 0. The summed E-state index contributed by atoms with van der Waals surface area (Å²) in [6.45, 7) is 2.63. The van der Waals surface area contributed by atoms with Crippen LogP contribution in [0.25, 0.3) is 11.3 Å². The Hall–Kier alpha value is -3.27. The lowest BCUT2D eigenvalue weighted by Crippen LogP contribution is -2.32. The molecule has 0 bridgehead atoms. The molecule has 1 aliphatic carbocycles. The van der Waals surface area contributed by atoms with Crippen LogP contribution in [0.5, 0.6) is 0 Å². The summed E-state index contributed by atoms with van der Waals surface area (Å²) in [5, 5.41) is 12.4. The zero-order valence-corrected chi connectivity index (χ0v) is 16.1. The maximum atomic E-state index is 12.0. The second-order valence-corrected chi connectivity index (χ2v) is 6.94. The summed E-state index contributed by atoms with van der Waals surface area (Å²) in [5.41, 5.74) is 3.13. The number of nitrogens with zero attached hydrogens (tertiary/aromatic N) is 4. The van der Waals surface area contributed by atoms with Crippen LogP contribution in [0.15, 0.2) is 30.6 Å². The molecule has 0 aliphatic heterocycles. The first-order valence-corrected chi connectivity index (χ1v) is 9.37. The van der Waals surface area contributed by atoms with Gasteiger partial charge in [-0.1, -0.05) is 6.07 Å². The van der Waals surface area contributed by atoms with E-state index in [9.17, 15) is 14.9 Å². The lowest BCUT2D eigenvalue weighted by atomic mass is 10.1. The molecule has 1 aromatic heterocycles. The van der Waals surface area contributed by atoms with Crippen molar-refractivity contribution >= 4 is 17.4 Å². The number of nitrogens with one attached hydrogen (secondary N) is 1. The van der Waals surface area contributed by atoms with E-state index in [1.165, 1.54) is 0 Å². The summed E-state index contributed by atoms with van der Waals surface area (Å²) in [6, 6.07) is 7.40. The number of benzene rings is 1. The normalized spacial score (nSPS) is 12.9. The van der Waals surface area contributed by atoms with E-state index in [-0.39, 0.29) is 24.2 Å². The van der Waals surface area contributed by atoms with Gasteiger partial charge in [0.1, 0.15) is 11.9 Å². The standard InChI is InChI=1S/C21H23N5O2/c1-3-26(2)21(28)13-25-18-8-15(6-7-16(18)10-22)19-12-23-17(11-24-19)9-20(27)14-4-5-14/h6-8,11-12,14,25H,3-5,9,13H2,1-2H3. The molecule has 7 nitrogen and oxygen atoms in total. The predicted molar refractivity (Wildman–Crippen MR) is 105 cm³/mol. The van der Waals surface area contributed by atoms with Crippen molar-refractivity contribution in [1.82, 2.24) is 14.9 Å². The molecule has 1 aliphatic rings. The van der Waals surface area contributed by atoms with E-state index in [1.807, 2.05) is 6.92 Å². The molecule has 1 N–H and O–H groups in total. The predicted octanol–water partition coefficient (Wildman–Crippen LogP) is 2.43. The van der Waals surface area contributed by atoms with Crippen molar-refractivity contribution in [3.8, 4) is 17.3 Å². The fourth-order valence-electron chi connectivity index (χ4n) is 2.75. The molecule has 2 aromatic rings. The van der Waals surface area contributed by atoms with Crippen molar-refractivity contribution in [2.75, 3.05) is 25.5 Å². The lowest BCUT2D eigenvalue weighted by molar-refractivity contribution is -0.127. The molecular formula is C21H23N5O2. The Balaban J connectivity index is 1.73. The van der Waals surface area contributed by atoms with E-state index in [2.05, 4.69) is 21.4 Å². The zero-order chi connectivity index (χ0) is 20.1. The highest BCUT2D eigenvalue weighted by Gasteiger charge is 2.29. The van der Waals surface area contributed by atoms with Crippen LogP contribution in [0.1, 0.15) is 31.0 Å². The van der Waals surface area contributed by atoms with Gasteiger partial charge < -0.3 is 10.2 Å². The maximum absolute atomic E-state index is 12.0. The quantitative estimate of drug-likeness (QED) is 0.758. The van der Waals surface area contributed by atoms with Crippen LogP contribution in [-0.2, 0) is 16.0 Å². The Kier molecular flexibility index (Phi) is 5.99. The highest BCUT2D eigenvalue weighted by Crippen LogP contribution is 2.31. The summed E-state index contributed by atoms with van der Waals surface area (Å²) >= 11 is 0. The minimum Gasteiger partial charge on any atom is -0.375 e. The Morgan fingerprint density at radius 1 is 1.29 bits per heavy atom. The van der Waals surface area contributed by atoms with Crippen LogP contribution in [0.3, 0.4) is 0 Å². The first-order valence-electron chi connectivity index (χ1n) is 9.37. The number of carbonyl (C=O) groups excluding carboxylic acids is 2. The van der Waals surface area contributed by atoms with Gasteiger partial charge in [0.25, 0.3) is 0 Å². The van der Waals surface area contributed by atoms with E-state index >= 15 is 0 Å². The minimum atomic E-state index is -0.0544. The van der Waals surface area contributed by atoms with Crippen LogP contribution < -0.4 is 5.32 Å². The lowest BCUT2D eigenvalue weighted by Gasteiger charge is -2.16. The van der Waals surface area contributed by atoms with Crippen molar-refractivity contribution < 1.29 is 9.59 Å². The Morgan fingerprint density at radius 2 is 2.07 bits per heavy atom. The molecule has 1 heterocycles. The first kappa shape index (κ1) is 19.5. The number of carbonyl (C=O) groups is 2. The van der Waals surface area contributed by atoms with Crippen molar-refractivity contribution in [1.29, 1.82) is 5.26 Å². The van der Waals surface area contributed by atoms with Gasteiger partial charge in [-0.15, -0.1) is 0 Å². The van der Waals surface area contributed by atoms with Crippen molar-refractivity contribution in [2.24, 2.45) is 5.92 Å². The molecule has 0 saturated heterocycles. The summed E-state index contributed by atoms with van der Waals surface area (Å²) in [5.74, 6) is 0.387. The molecule has 0 radical (unpaired) electrons. The van der Waals surface area contributed by atoms with Crippen LogP contribution in [0, 0.1) is 17.2 Å². The third kappa shape index (κ3) is 4.71. The van der Waals surface area contributed by atoms with E-state index < -0.39 is 0 Å². The highest BCUT2D eigenvalue weighted by molar-refractivity contribution is 5.85. The average Bonchev–Trinajstić information content (AvgIpc) is 3.57. The average molecular weight is 377 g/mol. The molecular weight excluding hydrogens is 354 g/mol. The highest BCUT2D eigenvalue weighted by atomic mass is 16.2.